The van der Waals surface area contributed by atoms with Gasteiger partial charge in [-0.15, -0.1) is 11.3 Å². The van der Waals surface area contributed by atoms with E-state index in [4.69, 9.17) is 0 Å². The number of carbonyl (C=O) groups excluding carboxylic acids is 2. The van der Waals surface area contributed by atoms with Crippen molar-refractivity contribution >= 4 is 55.5 Å². The van der Waals surface area contributed by atoms with Gasteiger partial charge in [-0.25, -0.2) is 9.97 Å². The van der Waals surface area contributed by atoms with E-state index in [1.165, 1.54) is 29.0 Å². The molecule has 0 aliphatic carbocycles. The summed E-state index contributed by atoms with van der Waals surface area (Å²) >= 11 is 2.36. The van der Waals surface area contributed by atoms with Crippen LogP contribution in [0.15, 0.2) is 47.3 Å². The van der Waals surface area contributed by atoms with Gasteiger partial charge in [-0.1, -0.05) is 11.3 Å². The number of anilines is 2. The van der Waals surface area contributed by atoms with Crippen molar-refractivity contribution < 1.29 is 35.9 Å². The molecule has 2 N–H and O–H groups in total. The Morgan fingerprint density at radius 3 is 2.20 bits per heavy atom. The molecule has 2 aromatic heterocycles. The molecule has 4 rings (SSSR count). The van der Waals surface area contributed by atoms with Crippen molar-refractivity contribution in [3.63, 3.8) is 0 Å². The number of rotatable bonds is 5. The summed E-state index contributed by atoms with van der Waals surface area (Å²) in [7, 11) is 0. The molecule has 2 heterocycles. The van der Waals surface area contributed by atoms with Crippen LogP contribution in [0.4, 0.5) is 37.2 Å². The molecule has 6 nitrogen and oxygen atoms in total. The Hall–Kier alpha value is -3.52. The van der Waals surface area contributed by atoms with E-state index < -0.39 is 47.3 Å². The highest BCUT2D eigenvalue weighted by atomic mass is 32.1. The lowest BCUT2D eigenvalue weighted by atomic mass is 10.0. The summed E-state index contributed by atoms with van der Waals surface area (Å²) in [6.45, 7) is 0. The molecule has 0 aliphatic heterocycles. The van der Waals surface area contributed by atoms with Gasteiger partial charge in [-0.2, -0.15) is 26.3 Å². The van der Waals surface area contributed by atoms with Crippen molar-refractivity contribution in [1.29, 1.82) is 0 Å². The molecule has 35 heavy (non-hydrogen) atoms. The van der Waals surface area contributed by atoms with E-state index in [1.54, 1.807) is 11.4 Å². The van der Waals surface area contributed by atoms with Crippen molar-refractivity contribution in [2.24, 2.45) is 0 Å². The smallest absolute Gasteiger partial charge is 0.326 e. The maximum atomic E-state index is 13.0. The van der Waals surface area contributed by atoms with E-state index in [2.05, 4.69) is 20.6 Å². The zero-order valence-electron chi connectivity index (χ0n) is 17.1. The minimum absolute atomic E-state index is 0.00390. The minimum atomic E-state index is -5.00. The van der Waals surface area contributed by atoms with Crippen molar-refractivity contribution in [1.82, 2.24) is 9.97 Å². The Morgan fingerprint density at radius 2 is 1.60 bits per heavy atom. The number of carbonyl (C=O) groups is 2. The highest BCUT2D eigenvalue weighted by molar-refractivity contribution is 7.22. The number of benzene rings is 2. The SMILES string of the molecule is O=C(Cc1cc(C(F)(F)F)cc(C(F)(F)F)c1)Nc1ccc2nc(NC(=O)c3cscn3)sc2c1. The summed E-state index contributed by atoms with van der Waals surface area (Å²) in [6.07, 6.45) is -10.7. The largest absolute Gasteiger partial charge is 0.416 e. The van der Waals surface area contributed by atoms with Gasteiger partial charge in [-0.05, 0) is 42.0 Å². The van der Waals surface area contributed by atoms with Crippen molar-refractivity contribution in [3.8, 4) is 0 Å². The second-order valence-electron chi connectivity index (χ2n) is 7.17. The fraction of sp³-hybridized carbons (Fsp3) is 0.143. The summed E-state index contributed by atoms with van der Waals surface area (Å²) in [5.74, 6) is -1.25. The predicted octanol–water partition coefficient (Wildman–Crippen LogP) is 6.22. The van der Waals surface area contributed by atoms with Gasteiger partial charge in [0.1, 0.15) is 5.69 Å². The van der Waals surface area contributed by atoms with E-state index in [9.17, 15) is 35.9 Å². The molecule has 0 aliphatic rings. The topological polar surface area (TPSA) is 84.0 Å². The van der Waals surface area contributed by atoms with Gasteiger partial charge < -0.3 is 5.32 Å². The van der Waals surface area contributed by atoms with Crippen LogP contribution < -0.4 is 10.6 Å². The molecule has 0 saturated heterocycles. The lowest BCUT2D eigenvalue weighted by Gasteiger charge is -2.14. The number of nitrogens with one attached hydrogen (secondary N) is 2. The summed E-state index contributed by atoms with van der Waals surface area (Å²) < 4.78 is 78.7. The van der Waals surface area contributed by atoms with Crippen LogP contribution in [0, 0.1) is 0 Å². The number of halogens is 6. The Balaban J connectivity index is 1.49. The molecule has 0 saturated carbocycles. The summed E-state index contributed by atoms with van der Waals surface area (Å²) in [5.41, 5.74) is -0.922. The summed E-state index contributed by atoms with van der Waals surface area (Å²) in [5, 5.41) is 6.91. The Bertz CT molecular complexity index is 1370. The molecule has 2 amide bonds. The number of hydrogen-bond acceptors (Lipinski definition) is 6. The quantitative estimate of drug-likeness (QED) is 0.300. The molecular formula is C21H12F6N4O2S2. The van der Waals surface area contributed by atoms with Crippen LogP contribution in [0.2, 0.25) is 0 Å². The van der Waals surface area contributed by atoms with Crippen LogP contribution in [0.5, 0.6) is 0 Å². The fourth-order valence-electron chi connectivity index (χ4n) is 3.05. The summed E-state index contributed by atoms with van der Waals surface area (Å²) in [6, 6.07) is 5.57. The Kier molecular flexibility index (Phi) is 6.51. The maximum Gasteiger partial charge on any atom is 0.416 e. The second-order valence-corrected chi connectivity index (χ2v) is 8.92. The van der Waals surface area contributed by atoms with Crippen LogP contribution in [0.1, 0.15) is 27.2 Å². The van der Waals surface area contributed by atoms with E-state index in [-0.39, 0.29) is 22.6 Å². The number of fused-ring (bicyclic) bond motifs is 1. The molecule has 0 fully saturated rings. The third kappa shape index (κ3) is 5.95. The molecule has 0 unspecified atom stereocenters. The van der Waals surface area contributed by atoms with Gasteiger partial charge in [0, 0.05) is 11.1 Å². The number of aromatic nitrogens is 2. The molecule has 4 aromatic rings. The van der Waals surface area contributed by atoms with E-state index >= 15 is 0 Å². The molecule has 0 bridgehead atoms. The monoisotopic (exact) mass is 530 g/mol. The molecule has 14 heteroatoms. The minimum Gasteiger partial charge on any atom is -0.326 e. The average molecular weight is 530 g/mol. The molecule has 2 aromatic carbocycles. The predicted molar refractivity (Wildman–Crippen MR) is 118 cm³/mol. The first-order valence-corrected chi connectivity index (χ1v) is 11.3. The van der Waals surface area contributed by atoms with Gasteiger partial charge in [0.25, 0.3) is 5.91 Å². The molecule has 182 valence electrons. The number of thiazole rings is 2. The maximum absolute atomic E-state index is 13.0. The van der Waals surface area contributed by atoms with Crippen LogP contribution in [0.3, 0.4) is 0 Å². The standard InChI is InChI=1S/C21H12F6N4O2S2/c22-20(23,24)11-3-10(4-12(6-11)21(25,26)27)5-17(32)29-13-1-2-14-16(7-13)35-19(30-14)31-18(33)15-8-34-9-28-15/h1-4,6-9H,5H2,(H,29,32)(H,30,31,33). The van der Waals surface area contributed by atoms with Gasteiger partial charge in [0.05, 0.1) is 33.3 Å². The van der Waals surface area contributed by atoms with Crippen LogP contribution >= 0.6 is 22.7 Å². The van der Waals surface area contributed by atoms with E-state index in [0.29, 0.717) is 22.3 Å². The van der Waals surface area contributed by atoms with Crippen molar-refractivity contribution in [2.45, 2.75) is 18.8 Å². The normalized spacial score (nSPS) is 12.1. The Morgan fingerprint density at radius 1 is 0.914 bits per heavy atom. The highest BCUT2D eigenvalue weighted by Gasteiger charge is 2.37. The fourth-order valence-corrected chi connectivity index (χ4v) is 4.49. The molecular weight excluding hydrogens is 518 g/mol. The number of alkyl halides is 6. The average Bonchev–Trinajstić information content (AvgIpc) is 3.41. The molecule has 0 spiro atoms. The lowest BCUT2D eigenvalue weighted by Crippen LogP contribution is -2.17. The van der Waals surface area contributed by atoms with Gasteiger partial charge in [0.15, 0.2) is 5.13 Å². The van der Waals surface area contributed by atoms with Gasteiger partial charge >= 0.3 is 12.4 Å². The number of hydrogen-bond donors (Lipinski definition) is 2. The lowest BCUT2D eigenvalue weighted by molar-refractivity contribution is -0.143. The van der Waals surface area contributed by atoms with Crippen LogP contribution in [0.25, 0.3) is 10.2 Å². The van der Waals surface area contributed by atoms with Crippen LogP contribution in [-0.4, -0.2) is 21.8 Å². The second kappa shape index (κ2) is 9.26. The third-order valence-electron chi connectivity index (χ3n) is 4.57. The highest BCUT2D eigenvalue weighted by Crippen LogP contribution is 2.36. The van der Waals surface area contributed by atoms with E-state index in [1.807, 2.05) is 0 Å². The van der Waals surface area contributed by atoms with Crippen molar-refractivity contribution in [3.05, 3.63) is 69.7 Å². The number of amides is 2. The first-order chi connectivity index (χ1) is 16.4. The molecule has 0 radical (unpaired) electrons. The third-order valence-corrected chi connectivity index (χ3v) is 6.09. The zero-order chi connectivity index (χ0) is 25.4. The first kappa shape index (κ1) is 24.6. The first-order valence-electron chi connectivity index (χ1n) is 9.57. The Labute approximate surface area is 200 Å². The van der Waals surface area contributed by atoms with Gasteiger partial charge in [0.2, 0.25) is 5.91 Å². The van der Waals surface area contributed by atoms with Crippen LogP contribution in [-0.2, 0) is 23.6 Å². The number of nitrogens with zero attached hydrogens (tertiary/aromatic N) is 2. The van der Waals surface area contributed by atoms with E-state index in [0.717, 1.165) is 11.3 Å². The summed E-state index contributed by atoms with van der Waals surface area (Å²) in [4.78, 5) is 32.6. The zero-order valence-corrected chi connectivity index (χ0v) is 18.8. The van der Waals surface area contributed by atoms with Crippen molar-refractivity contribution in [2.75, 3.05) is 10.6 Å². The molecule has 0 atom stereocenters. The van der Waals surface area contributed by atoms with Gasteiger partial charge in [-0.3, -0.25) is 14.9 Å².